The van der Waals surface area contributed by atoms with Gasteiger partial charge in [0.2, 0.25) is 0 Å². The van der Waals surface area contributed by atoms with Crippen LogP contribution >= 0.6 is 11.6 Å². The molecule has 1 rings (SSSR count). The number of halogens is 1. The highest BCUT2D eigenvalue weighted by Gasteiger charge is 2.18. The van der Waals surface area contributed by atoms with Gasteiger partial charge in [0, 0.05) is 18.6 Å². The van der Waals surface area contributed by atoms with Crippen LogP contribution in [0.15, 0.2) is 18.2 Å². The predicted molar refractivity (Wildman–Crippen MR) is 75.0 cm³/mol. The predicted octanol–water partition coefficient (Wildman–Crippen LogP) is 1.59. The molecule has 102 valence electrons. The molecule has 0 saturated heterocycles. The lowest BCUT2D eigenvalue weighted by atomic mass is 10.2. The Balaban J connectivity index is 2.85. The molecule has 0 unspecified atom stereocenters. The topological polar surface area (TPSA) is 75.4 Å². The van der Waals surface area contributed by atoms with Crippen molar-refractivity contribution in [2.24, 2.45) is 5.73 Å². The van der Waals surface area contributed by atoms with Gasteiger partial charge >= 0.3 is 10.2 Å². The fourth-order valence-electron chi connectivity index (χ4n) is 1.37. The molecule has 0 aliphatic carbocycles. The van der Waals surface area contributed by atoms with Crippen molar-refractivity contribution in [1.82, 2.24) is 4.31 Å². The van der Waals surface area contributed by atoms with E-state index in [4.69, 9.17) is 17.3 Å². The summed E-state index contributed by atoms with van der Waals surface area (Å²) < 4.78 is 27.7. The summed E-state index contributed by atoms with van der Waals surface area (Å²) in [7, 11) is -2.04. The molecule has 0 aromatic heterocycles. The van der Waals surface area contributed by atoms with Gasteiger partial charge in [-0.2, -0.15) is 12.7 Å². The van der Waals surface area contributed by atoms with E-state index in [0.717, 1.165) is 0 Å². The van der Waals surface area contributed by atoms with Crippen molar-refractivity contribution in [2.75, 3.05) is 24.9 Å². The average Bonchev–Trinajstić information content (AvgIpc) is 2.31. The summed E-state index contributed by atoms with van der Waals surface area (Å²) in [5.74, 6) is 0. The molecule has 5 nitrogen and oxygen atoms in total. The maximum absolute atomic E-state index is 12.0. The van der Waals surface area contributed by atoms with Crippen LogP contribution in [0.2, 0.25) is 5.02 Å². The quantitative estimate of drug-likeness (QED) is 0.836. The Hall–Kier alpha value is -0.820. The van der Waals surface area contributed by atoms with Gasteiger partial charge < -0.3 is 5.73 Å². The molecule has 0 aliphatic heterocycles. The molecule has 18 heavy (non-hydrogen) atoms. The molecule has 1 aromatic carbocycles. The molecule has 3 N–H and O–H groups in total. The maximum atomic E-state index is 12.0. The van der Waals surface area contributed by atoms with Crippen molar-refractivity contribution in [1.29, 1.82) is 0 Å². The summed E-state index contributed by atoms with van der Waals surface area (Å²) in [6.45, 7) is 2.60. The third-order valence-electron chi connectivity index (χ3n) is 2.59. The fraction of sp³-hybridized carbons (Fsp3) is 0.455. The zero-order valence-electron chi connectivity index (χ0n) is 10.5. The van der Waals surface area contributed by atoms with Crippen LogP contribution < -0.4 is 10.5 Å². The van der Waals surface area contributed by atoms with Crippen LogP contribution in [-0.2, 0) is 10.2 Å². The second-order valence-corrected chi connectivity index (χ2v) is 6.17. The number of nitrogens with two attached hydrogens (primary N) is 1. The summed E-state index contributed by atoms with van der Waals surface area (Å²) in [5.41, 5.74) is 6.55. The first-order valence-electron chi connectivity index (χ1n) is 5.57. The number of anilines is 1. The monoisotopic (exact) mass is 291 g/mol. The zero-order valence-corrected chi connectivity index (χ0v) is 12.1. The van der Waals surface area contributed by atoms with Crippen LogP contribution in [0.5, 0.6) is 0 Å². The van der Waals surface area contributed by atoms with Gasteiger partial charge in [0.1, 0.15) is 0 Å². The molecular formula is C11H18ClN3O2S. The van der Waals surface area contributed by atoms with E-state index >= 15 is 0 Å². The molecule has 7 heteroatoms. The standard InChI is InChI=1S/C11H18ClN3O2S/c1-9-10(12)5-3-6-11(9)14-18(16,17)15(2)8-4-7-13/h3,5-6,14H,4,7-8,13H2,1-2H3. The molecule has 0 amide bonds. The third kappa shape index (κ3) is 3.84. The molecule has 0 saturated carbocycles. The molecule has 0 atom stereocenters. The minimum absolute atomic E-state index is 0.380. The van der Waals surface area contributed by atoms with E-state index in [2.05, 4.69) is 4.72 Å². The van der Waals surface area contributed by atoms with Gasteiger partial charge in [-0.25, -0.2) is 0 Å². The molecule has 0 aliphatic rings. The summed E-state index contributed by atoms with van der Waals surface area (Å²) in [5, 5.41) is 0.528. The Morgan fingerprint density at radius 2 is 2.11 bits per heavy atom. The second kappa shape index (κ2) is 6.38. The maximum Gasteiger partial charge on any atom is 0.301 e. The van der Waals surface area contributed by atoms with Crippen LogP contribution in [0.25, 0.3) is 0 Å². The van der Waals surface area contributed by atoms with Crippen LogP contribution in [0.3, 0.4) is 0 Å². The Morgan fingerprint density at radius 1 is 1.44 bits per heavy atom. The van der Waals surface area contributed by atoms with Crippen molar-refractivity contribution >= 4 is 27.5 Å². The fourth-order valence-corrected chi connectivity index (χ4v) is 2.57. The van der Waals surface area contributed by atoms with Gasteiger partial charge in [-0.05, 0) is 37.6 Å². The van der Waals surface area contributed by atoms with E-state index in [-0.39, 0.29) is 0 Å². The minimum Gasteiger partial charge on any atom is -0.330 e. The Morgan fingerprint density at radius 3 is 2.72 bits per heavy atom. The number of nitrogens with one attached hydrogen (secondary N) is 1. The second-order valence-electron chi connectivity index (χ2n) is 3.98. The summed E-state index contributed by atoms with van der Waals surface area (Å²) in [6, 6.07) is 5.09. The van der Waals surface area contributed by atoms with Crippen LogP contribution in [0.1, 0.15) is 12.0 Å². The Kier molecular flexibility index (Phi) is 5.40. The third-order valence-corrected chi connectivity index (χ3v) is 4.48. The van der Waals surface area contributed by atoms with Gasteiger partial charge in [-0.3, -0.25) is 4.72 Å². The normalized spacial score (nSPS) is 11.8. The van der Waals surface area contributed by atoms with Crippen molar-refractivity contribution < 1.29 is 8.42 Å². The first-order valence-corrected chi connectivity index (χ1v) is 7.39. The lowest BCUT2D eigenvalue weighted by Crippen LogP contribution is -2.34. The highest BCUT2D eigenvalue weighted by molar-refractivity contribution is 7.90. The average molecular weight is 292 g/mol. The van der Waals surface area contributed by atoms with Crippen molar-refractivity contribution in [3.8, 4) is 0 Å². The lowest BCUT2D eigenvalue weighted by molar-refractivity contribution is 0.468. The molecule has 0 spiro atoms. The first-order chi connectivity index (χ1) is 8.38. The minimum atomic E-state index is -3.56. The molecular weight excluding hydrogens is 274 g/mol. The summed E-state index contributed by atoms with van der Waals surface area (Å²) in [4.78, 5) is 0. The number of nitrogens with zero attached hydrogens (tertiary/aromatic N) is 1. The number of hydrogen-bond acceptors (Lipinski definition) is 3. The van der Waals surface area contributed by atoms with Crippen LogP contribution in [0.4, 0.5) is 5.69 Å². The van der Waals surface area contributed by atoms with Crippen molar-refractivity contribution in [3.63, 3.8) is 0 Å². The number of rotatable bonds is 6. The Bertz CT molecular complexity index is 505. The van der Waals surface area contributed by atoms with E-state index in [1.807, 2.05) is 0 Å². The van der Waals surface area contributed by atoms with Gasteiger partial charge in [-0.15, -0.1) is 0 Å². The van der Waals surface area contributed by atoms with Crippen LogP contribution in [-0.4, -0.2) is 32.9 Å². The van der Waals surface area contributed by atoms with E-state index < -0.39 is 10.2 Å². The molecule has 1 aromatic rings. The molecule has 0 radical (unpaired) electrons. The van der Waals surface area contributed by atoms with E-state index in [1.54, 1.807) is 25.1 Å². The smallest absolute Gasteiger partial charge is 0.301 e. The molecule has 0 bridgehead atoms. The van der Waals surface area contributed by atoms with Gasteiger partial charge in [-0.1, -0.05) is 17.7 Å². The summed E-state index contributed by atoms with van der Waals surface area (Å²) >= 11 is 5.94. The Labute approximate surface area is 113 Å². The largest absolute Gasteiger partial charge is 0.330 e. The molecule has 0 fully saturated rings. The highest BCUT2D eigenvalue weighted by atomic mass is 35.5. The van der Waals surface area contributed by atoms with Gasteiger partial charge in [0.15, 0.2) is 0 Å². The zero-order chi connectivity index (χ0) is 13.8. The van der Waals surface area contributed by atoms with Crippen molar-refractivity contribution in [2.45, 2.75) is 13.3 Å². The highest BCUT2D eigenvalue weighted by Crippen LogP contribution is 2.24. The van der Waals surface area contributed by atoms with E-state index in [0.29, 0.717) is 35.8 Å². The SMILES string of the molecule is Cc1c(Cl)cccc1NS(=O)(=O)N(C)CCCN. The molecule has 0 heterocycles. The van der Waals surface area contributed by atoms with Crippen LogP contribution in [0, 0.1) is 6.92 Å². The number of hydrogen-bond donors (Lipinski definition) is 2. The van der Waals surface area contributed by atoms with Crippen molar-refractivity contribution in [3.05, 3.63) is 28.8 Å². The lowest BCUT2D eigenvalue weighted by Gasteiger charge is -2.19. The van der Waals surface area contributed by atoms with Gasteiger partial charge in [0.25, 0.3) is 0 Å². The number of benzene rings is 1. The first kappa shape index (κ1) is 15.2. The van der Waals surface area contributed by atoms with Gasteiger partial charge in [0.05, 0.1) is 5.69 Å². The van der Waals surface area contributed by atoms with E-state index in [1.165, 1.54) is 11.4 Å². The van der Waals surface area contributed by atoms with E-state index in [9.17, 15) is 8.42 Å². The summed E-state index contributed by atoms with van der Waals surface area (Å²) in [6.07, 6.45) is 0.617.